The highest BCUT2D eigenvalue weighted by atomic mass is 35.5. The van der Waals surface area contributed by atoms with Gasteiger partial charge in [0.05, 0.1) is 17.9 Å². The average Bonchev–Trinajstić information content (AvgIpc) is 3.56. The minimum Gasteiger partial charge on any atom is -0.507 e. The second-order valence-electron chi connectivity index (χ2n) is 7.77. The number of fused-ring (bicyclic) bond motifs is 1. The smallest absolute Gasteiger partial charge is 0.295 e. The van der Waals surface area contributed by atoms with Gasteiger partial charge in [-0.3, -0.25) is 9.59 Å². The number of aliphatic hydroxyl groups excluding tert-OH is 1. The summed E-state index contributed by atoms with van der Waals surface area (Å²) >= 11 is 6.06. The molecule has 8 nitrogen and oxygen atoms in total. The van der Waals surface area contributed by atoms with E-state index in [2.05, 4.69) is 4.98 Å². The normalized spacial score (nSPS) is 18.8. The van der Waals surface area contributed by atoms with Crippen LogP contribution in [0.2, 0.25) is 5.02 Å². The minimum absolute atomic E-state index is 0.0313. The van der Waals surface area contributed by atoms with Gasteiger partial charge in [-0.15, -0.1) is 0 Å². The molecule has 5 rings (SSSR count). The van der Waals surface area contributed by atoms with Crippen LogP contribution in [0.25, 0.3) is 5.76 Å². The van der Waals surface area contributed by atoms with Crippen LogP contribution in [0.3, 0.4) is 0 Å². The van der Waals surface area contributed by atoms with Crippen LogP contribution in [0.1, 0.15) is 23.6 Å². The molecule has 1 amide bonds. The summed E-state index contributed by atoms with van der Waals surface area (Å²) in [5, 5.41) is 11.7. The molecule has 3 heterocycles. The van der Waals surface area contributed by atoms with Crippen molar-refractivity contribution in [3.05, 3.63) is 82.9 Å². The van der Waals surface area contributed by atoms with E-state index in [0.717, 1.165) is 0 Å². The fraction of sp³-hybridized carbons (Fsp3) is 0.208. The molecule has 1 aromatic heterocycles. The molecule has 0 aliphatic carbocycles. The lowest BCUT2D eigenvalue weighted by molar-refractivity contribution is -0.139. The van der Waals surface area contributed by atoms with Gasteiger partial charge in [0.15, 0.2) is 11.5 Å². The number of Topliss-reactive ketones (excluding diaryl/α,β-unsaturated/α-hetero) is 1. The summed E-state index contributed by atoms with van der Waals surface area (Å²) in [6, 6.07) is 11.1. The third-order valence-corrected chi connectivity index (χ3v) is 6.00. The lowest BCUT2D eigenvalue weighted by Gasteiger charge is -2.25. The number of amides is 1. The zero-order valence-corrected chi connectivity index (χ0v) is 18.2. The fourth-order valence-corrected chi connectivity index (χ4v) is 4.27. The number of ketones is 1. The van der Waals surface area contributed by atoms with E-state index in [4.69, 9.17) is 21.1 Å². The molecule has 1 saturated heterocycles. The molecule has 1 N–H and O–H groups in total. The highest BCUT2D eigenvalue weighted by Crippen LogP contribution is 2.41. The standard InChI is InChI=1S/C24H20ClN3O5/c25-17-5-2-15(3-6-17)21-20(22(29)16-4-7-18-19(12-16)33-14-32-18)23(30)24(31)28(21)10-1-9-27-11-8-26-13-27/h2-8,11-13,21,29H,1,9-10,14H2. The highest BCUT2D eigenvalue weighted by Gasteiger charge is 2.45. The predicted molar refractivity (Wildman–Crippen MR) is 120 cm³/mol. The van der Waals surface area contributed by atoms with Crippen molar-refractivity contribution in [3.8, 4) is 11.5 Å². The number of carbonyl (C=O) groups is 2. The Labute approximate surface area is 194 Å². The number of aryl methyl sites for hydroxylation is 1. The quantitative estimate of drug-likeness (QED) is 0.338. The summed E-state index contributed by atoms with van der Waals surface area (Å²) in [4.78, 5) is 31.6. The number of hydrogen-bond donors (Lipinski definition) is 1. The number of ether oxygens (including phenoxy) is 2. The van der Waals surface area contributed by atoms with Crippen molar-refractivity contribution < 1.29 is 24.2 Å². The molecule has 2 aliphatic heterocycles. The number of rotatable bonds is 6. The Bertz CT molecular complexity index is 1240. The van der Waals surface area contributed by atoms with E-state index >= 15 is 0 Å². The minimum atomic E-state index is -0.740. The van der Waals surface area contributed by atoms with Crippen molar-refractivity contribution >= 4 is 29.1 Å². The Morgan fingerprint density at radius 2 is 1.88 bits per heavy atom. The second kappa shape index (κ2) is 8.63. The van der Waals surface area contributed by atoms with Gasteiger partial charge in [0.2, 0.25) is 6.79 Å². The van der Waals surface area contributed by atoms with Crippen molar-refractivity contribution in [2.45, 2.75) is 19.0 Å². The van der Waals surface area contributed by atoms with Crippen LogP contribution < -0.4 is 9.47 Å². The topological polar surface area (TPSA) is 93.9 Å². The molecule has 1 atom stereocenters. The number of aromatic nitrogens is 2. The summed E-state index contributed by atoms with van der Waals surface area (Å²) < 4.78 is 12.6. The first-order valence-electron chi connectivity index (χ1n) is 10.4. The first kappa shape index (κ1) is 21.1. The van der Waals surface area contributed by atoms with E-state index in [0.29, 0.717) is 47.2 Å². The van der Waals surface area contributed by atoms with E-state index in [1.54, 1.807) is 55.0 Å². The Morgan fingerprint density at radius 1 is 1.09 bits per heavy atom. The summed E-state index contributed by atoms with van der Waals surface area (Å²) in [5.41, 5.74) is 1.09. The SMILES string of the molecule is O=C1C(=O)N(CCCn2ccnc2)C(c2ccc(Cl)cc2)C1=C(O)c1ccc2c(c1)OCO2. The molecule has 1 unspecified atom stereocenters. The zero-order valence-electron chi connectivity index (χ0n) is 17.5. The van der Waals surface area contributed by atoms with Gasteiger partial charge in [-0.1, -0.05) is 23.7 Å². The van der Waals surface area contributed by atoms with Gasteiger partial charge in [-0.2, -0.15) is 0 Å². The van der Waals surface area contributed by atoms with Crippen LogP contribution in [-0.4, -0.2) is 44.6 Å². The molecule has 3 aromatic rings. The Hall–Kier alpha value is -3.78. The van der Waals surface area contributed by atoms with E-state index in [-0.39, 0.29) is 18.1 Å². The van der Waals surface area contributed by atoms with Crippen molar-refractivity contribution in [3.63, 3.8) is 0 Å². The molecular formula is C24H20ClN3O5. The van der Waals surface area contributed by atoms with Gasteiger partial charge in [0.1, 0.15) is 5.76 Å². The molecule has 2 aromatic carbocycles. The molecular weight excluding hydrogens is 446 g/mol. The summed E-state index contributed by atoms with van der Waals surface area (Å²) in [6.07, 6.45) is 5.83. The van der Waals surface area contributed by atoms with Crippen molar-refractivity contribution in [1.29, 1.82) is 0 Å². The molecule has 0 saturated carbocycles. The number of benzene rings is 2. The molecule has 0 bridgehead atoms. The fourth-order valence-electron chi connectivity index (χ4n) is 4.14. The van der Waals surface area contributed by atoms with Gasteiger partial charge < -0.3 is 24.0 Å². The van der Waals surface area contributed by atoms with E-state index in [1.165, 1.54) is 4.90 Å². The molecule has 33 heavy (non-hydrogen) atoms. The van der Waals surface area contributed by atoms with E-state index in [1.807, 2.05) is 10.8 Å². The third-order valence-electron chi connectivity index (χ3n) is 5.75. The molecule has 2 aliphatic rings. The molecule has 0 spiro atoms. The van der Waals surface area contributed by atoms with Crippen LogP contribution in [-0.2, 0) is 16.1 Å². The van der Waals surface area contributed by atoms with Crippen LogP contribution in [0, 0.1) is 0 Å². The molecule has 1 fully saturated rings. The largest absolute Gasteiger partial charge is 0.507 e. The zero-order chi connectivity index (χ0) is 22.9. The van der Waals surface area contributed by atoms with Gasteiger partial charge in [-0.25, -0.2) is 4.98 Å². The summed E-state index contributed by atoms with van der Waals surface area (Å²) in [6.45, 7) is 1.05. The van der Waals surface area contributed by atoms with Crippen molar-refractivity contribution in [1.82, 2.24) is 14.5 Å². The van der Waals surface area contributed by atoms with Crippen LogP contribution in [0.15, 0.2) is 66.8 Å². The number of nitrogens with zero attached hydrogens (tertiary/aromatic N) is 3. The van der Waals surface area contributed by atoms with Crippen LogP contribution in [0.4, 0.5) is 0 Å². The van der Waals surface area contributed by atoms with Gasteiger partial charge in [0.25, 0.3) is 11.7 Å². The maximum Gasteiger partial charge on any atom is 0.295 e. The first-order valence-corrected chi connectivity index (χ1v) is 10.8. The van der Waals surface area contributed by atoms with Gasteiger partial charge >= 0.3 is 0 Å². The van der Waals surface area contributed by atoms with Crippen molar-refractivity contribution in [2.24, 2.45) is 0 Å². The lowest BCUT2D eigenvalue weighted by atomic mass is 9.95. The number of hydrogen-bond acceptors (Lipinski definition) is 6. The number of imidazole rings is 1. The Balaban J connectivity index is 1.53. The Morgan fingerprint density at radius 3 is 2.64 bits per heavy atom. The molecule has 0 radical (unpaired) electrons. The Kier molecular flexibility index (Phi) is 5.51. The van der Waals surface area contributed by atoms with Crippen LogP contribution >= 0.6 is 11.6 Å². The third kappa shape index (κ3) is 3.93. The average molecular weight is 466 g/mol. The van der Waals surface area contributed by atoms with Gasteiger partial charge in [-0.05, 0) is 42.3 Å². The maximum absolute atomic E-state index is 13.1. The monoisotopic (exact) mass is 465 g/mol. The molecule has 168 valence electrons. The number of carbonyl (C=O) groups excluding carboxylic acids is 2. The highest BCUT2D eigenvalue weighted by molar-refractivity contribution is 6.46. The van der Waals surface area contributed by atoms with Gasteiger partial charge in [0, 0.05) is 36.1 Å². The summed E-state index contributed by atoms with van der Waals surface area (Å²) in [5.74, 6) is -0.614. The number of aliphatic hydroxyl groups is 1. The van der Waals surface area contributed by atoms with Crippen molar-refractivity contribution in [2.75, 3.05) is 13.3 Å². The predicted octanol–water partition coefficient (Wildman–Crippen LogP) is 3.78. The maximum atomic E-state index is 13.1. The summed E-state index contributed by atoms with van der Waals surface area (Å²) in [7, 11) is 0. The number of halogens is 1. The van der Waals surface area contributed by atoms with Crippen LogP contribution in [0.5, 0.6) is 11.5 Å². The second-order valence-corrected chi connectivity index (χ2v) is 8.20. The van der Waals surface area contributed by atoms with E-state index in [9.17, 15) is 14.7 Å². The lowest BCUT2D eigenvalue weighted by Crippen LogP contribution is -2.31. The first-order chi connectivity index (χ1) is 16.0. The number of likely N-dealkylation sites (tertiary alicyclic amines) is 1. The van der Waals surface area contributed by atoms with E-state index < -0.39 is 17.7 Å². The molecule has 9 heteroatoms.